The molecule has 1 aliphatic rings. The first kappa shape index (κ1) is 20.1. The van der Waals surface area contributed by atoms with E-state index in [9.17, 15) is 14.4 Å². The van der Waals surface area contributed by atoms with Crippen molar-refractivity contribution in [2.75, 3.05) is 18.5 Å². The Morgan fingerprint density at radius 1 is 1.03 bits per heavy atom. The molecule has 3 N–H and O–H groups in total. The molecule has 0 radical (unpaired) electrons. The Morgan fingerprint density at radius 3 is 2.32 bits per heavy atom. The van der Waals surface area contributed by atoms with Gasteiger partial charge < -0.3 is 20.5 Å². The largest absolute Gasteiger partial charge is 0.480 e. The van der Waals surface area contributed by atoms with Crippen molar-refractivity contribution < 1.29 is 24.2 Å². The number of nitrogens with zero attached hydrogens (tertiary/aromatic N) is 2. The number of carboxylic acid groups (broad SMARTS) is 1. The van der Waals surface area contributed by atoms with Crippen molar-refractivity contribution in [1.29, 1.82) is 0 Å². The second-order valence-electron chi connectivity index (χ2n) is 7.05. The van der Waals surface area contributed by atoms with E-state index in [1.165, 1.54) is 17.1 Å². The fraction of sp³-hybridized carbons (Fsp3) is 0.182. The molecule has 0 unspecified atom stereocenters. The van der Waals surface area contributed by atoms with Gasteiger partial charge in [-0.05, 0) is 22.3 Å². The van der Waals surface area contributed by atoms with Gasteiger partial charge in [-0.15, -0.1) is 0 Å². The van der Waals surface area contributed by atoms with Gasteiger partial charge in [0.05, 0.1) is 11.9 Å². The lowest BCUT2D eigenvalue weighted by Crippen LogP contribution is -2.33. The number of hydrogen-bond donors (Lipinski definition) is 3. The third kappa shape index (κ3) is 4.55. The molecule has 2 aromatic carbocycles. The van der Waals surface area contributed by atoms with Gasteiger partial charge in [0.2, 0.25) is 5.91 Å². The maximum absolute atomic E-state index is 12.1. The van der Waals surface area contributed by atoms with Gasteiger partial charge in [0, 0.05) is 12.1 Å². The third-order valence-electron chi connectivity index (χ3n) is 4.95. The summed E-state index contributed by atoms with van der Waals surface area (Å²) < 4.78 is 6.55. The van der Waals surface area contributed by atoms with Crippen LogP contribution in [0.2, 0.25) is 0 Å². The standard InChI is InChI=1S/C22H20N4O5/c27-20(25-14-9-24-26(11-14)12-21(28)29)10-23-22(30)31-13-19-17-7-3-1-5-15(17)16-6-2-4-8-18(16)19/h1-9,11,19H,10,12-13H2,(H,23,30)(H,25,27)(H,28,29). The molecule has 31 heavy (non-hydrogen) atoms. The fourth-order valence-corrected chi connectivity index (χ4v) is 3.66. The highest BCUT2D eigenvalue weighted by molar-refractivity contribution is 5.93. The first-order valence-electron chi connectivity index (χ1n) is 9.64. The quantitative estimate of drug-likeness (QED) is 0.540. The number of carbonyl (C=O) groups excluding carboxylic acids is 2. The van der Waals surface area contributed by atoms with Crippen molar-refractivity contribution in [3.63, 3.8) is 0 Å². The van der Waals surface area contributed by atoms with E-state index in [0.717, 1.165) is 22.3 Å². The summed E-state index contributed by atoms with van der Waals surface area (Å²) in [6, 6.07) is 16.0. The molecular formula is C22H20N4O5. The minimum atomic E-state index is -1.04. The van der Waals surface area contributed by atoms with Crippen molar-refractivity contribution in [3.8, 4) is 11.1 Å². The molecule has 2 amide bonds. The normalized spacial score (nSPS) is 12.0. The predicted octanol–water partition coefficient (Wildman–Crippen LogP) is 2.44. The van der Waals surface area contributed by atoms with Crippen molar-refractivity contribution in [1.82, 2.24) is 15.1 Å². The minimum absolute atomic E-state index is 0.0629. The number of anilines is 1. The van der Waals surface area contributed by atoms with Crippen LogP contribution in [0.1, 0.15) is 17.0 Å². The van der Waals surface area contributed by atoms with Crippen LogP contribution >= 0.6 is 0 Å². The Bertz CT molecular complexity index is 1090. The molecule has 0 saturated carbocycles. The summed E-state index contributed by atoms with van der Waals surface area (Å²) in [6.07, 6.45) is 2.02. The molecule has 0 aliphatic heterocycles. The van der Waals surface area contributed by atoms with Crippen molar-refractivity contribution >= 4 is 23.7 Å². The van der Waals surface area contributed by atoms with Crippen LogP contribution in [0, 0.1) is 0 Å². The smallest absolute Gasteiger partial charge is 0.407 e. The van der Waals surface area contributed by atoms with Gasteiger partial charge in [-0.2, -0.15) is 5.10 Å². The summed E-state index contributed by atoms with van der Waals surface area (Å²) in [5.41, 5.74) is 4.81. The number of carboxylic acids is 1. The molecular weight excluding hydrogens is 400 g/mol. The van der Waals surface area contributed by atoms with Crippen molar-refractivity contribution in [3.05, 3.63) is 72.1 Å². The second-order valence-corrected chi connectivity index (χ2v) is 7.05. The molecule has 158 valence electrons. The number of carbonyl (C=O) groups is 3. The number of fused-ring (bicyclic) bond motifs is 3. The molecule has 9 heteroatoms. The number of amides is 2. The lowest BCUT2D eigenvalue weighted by Gasteiger charge is -2.14. The van der Waals surface area contributed by atoms with E-state index in [1.807, 2.05) is 36.4 Å². The van der Waals surface area contributed by atoms with E-state index in [-0.39, 0.29) is 25.6 Å². The monoisotopic (exact) mass is 420 g/mol. The van der Waals surface area contributed by atoms with E-state index >= 15 is 0 Å². The Balaban J connectivity index is 1.28. The van der Waals surface area contributed by atoms with Gasteiger partial charge in [-0.25, -0.2) is 4.79 Å². The van der Waals surface area contributed by atoms with Crippen LogP contribution in [-0.4, -0.2) is 46.0 Å². The third-order valence-corrected chi connectivity index (χ3v) is 4.95. The number of ether oxygens (including phenoxy) is 1. The average molecular weight is 420 g/mol. The van der Waals surface area contributed by atoms with E-state index in [1.54, 1.807) is 0 Å². The zero-order valence-corrected chi connectivity index (χ0v) is 16.4. The molecule has 1 aliphatic carbocycles. The van der Waals surface area contributed by atoms with Crippen LogP contribution in [0.3, 0.4) is 0 Å². The fourth-order valence-electron chi connectivity index (χ4n) is 3.66. The molecule has 0 fully saturated rings. The molecule has 1 aromatic heterocycles. The summed E-state index contributed by atoms with van der Waals surface area (Å²) in [5, 5.41) is 17.5. The summed E-state index contributed by atoms with van der Waals surface area (Å²) in [4.78, 5) is 34.8. The maximum Gasteiger partial charge on any atom is 0.407 e. The molecule has 0 atom stereocenters. The molecule has 0 spiro atoms. The Morgan fingerprint density at radius 2 is 1.68 bits per heavy atom. The van der Waals surface area contributed by atoms with Crippen molar-refractivity contribution in [2.24, 2.45) is 0 Å². The van der Waals surface area contributed by atoms with Gasteiger partial charge in [0.1, 0.15) is 19.7 Å². The predicted molar refractivity (Wildman–Crippen MR) is 112 cm³/mol. The van der Waals surface area contributed by atoms with Crippen LogP contribution in [0.25, 0.3) is 11.1 Å². The summed E-state index contributed by atoms with van der Waals surface area (Å²) in [6.45, 7) is -0.446. The second kappa shape index (κ2) is 8.70. The maximum atomic E-state index is 12.1. The Kier molecular flexibility index (Phi) is 5.65. The van der Waals surface area contributed by atoms with E-state index in [4.69, 9.17) is 9.84 Å². The number of aliphatic carboxylic acids is 1. The van der Waals surface area contributed by atoms with Crippen LogP contribution in [-0.2, 0) is 20.9 Å². The molecule has 1 heterocycles. The number of rotatable bonds is 7. The SMILES string of the molecule is O=C(O)Cn1cc(NC(=O)CNC(=O)OCC2c3ccccc3-c3ccccc32)cn1. The van der Waals surface area contributed by atoms with Gasteiger partial charge in [-0.1, -0.05) is 48.5 Å². The van der Waals surface area contributed by atoms with Gasteiger partial charge in [0.25, 0.3) is 0 Å². The van der Waals surface area contributed by atoms with Gasteiger partial charge in [-0.3, -0.25) is 14.3 Å². The van der Waals surface area contributed by atoms with Crippen molar-refractivity contribution in [2.45, 2.75) is 12.5 Å². The zero-order valence-electron chi connectivity index (χ0n) is 16.4. The summed E-state index contributed by atoms with van der Waals surface area (Å²) in [7, 11) is 0. The highest BCUT2D eigenvalue weighted by Gasteiger charge is 2.29. The Labute approximate surface area is 177 Å². The first-order valence-corrected chi connectivity index (χ1v) is 9.64. The topological polar surface area (TPSA) is 123 Å². The minimum Gasteiger partial charge on any atom is -0.480 e. The van der Waals surface area contributed by atoms with E-state index in [2.05, 4.69) is 27.9 Å². The summed E-state index contributed by atoms with van der Waals surface area (Å²) >= 11 is 0. The summed E-state index contributed by atoms with van der Waals surface area (Å²) in [5.74, 6) is -1.59. The molecule has 0 bridgehead atoms. The van der Waals surface area contributed by atoms with Crippen LogP contribution in [0.15, 0.2) is 60.9 Å². The van der Waals surface area contributed by atoms with Crippen LogP contribution in [0.5, 0.6) is 0 Å². The number of alkyl carbamates (subject to hydrolysis) is 1. The zero-order chi connectivity index (χ0) is 21.8. The highest BCUT2D eigenvalue weighted by Crippen LogP contribution is 2.44. The van der Waals surface area contributed by atoms with Gasteiger partial charge in [0.15, 0.2) is 0 Å². The highest BCUT2D eigenvalue weighted by atomic mass is 16.5. The average Bonchev–Trinajstić information content (AvgIpc) is 3.32. The number of benzene rings is 2. The Hall–Kier alpha value is -4.14. The molecule has 9 nitrogen and oxygen atoms in total. The molecule has 4 rings (SSSR count). The van der Waals surface area contributed by atoms with Crippen LogP contribution in [0.4, 0.5) is 10.5 Å². The lowest BCUT2D eigenvalue weighted by molar-refractivity contribution is -0.137. The number of nitrogens with one attached hydrogen (secondary N) is 2. The van der Waals surface area contributed by atoms with E-state index in [0.29, 0.717) is 5.69 Å². The lowest BCUT2D eigenvalue weighted by atomic mass is 9.98. The first-order chi connectivity index (χ1) is 15.0. The molecule has 3 aromatic rings. The van der Waals surface area contributed by atoms with Gasteiger partial charge >= 0.3 is 12.1 Å². The van der Waals surface area contributed by atoms with Crippen LogP contribution < -0.4 is 10.6 Å². The van der Waals surface area contributed by atoms with E-state index < -0.39 is 18.0 Å². The molecule has 0 saturated heterocycles. The number of aromatic nitrogens is 2. The number of hydrogen-bond acceptors (Lipinski definition) is 5.